The summed E-state index contributed by atoms with van der Waals surface area (Å²) in [5, 5.41) is 15.2. The van der Waals surface area contributed by atoms with Crippen molar-refractivity contribution in [2.75, 3.05) is 6.61 Å². The monoisotopic (exact) mass is 548 g/mol. The van der Waals surface area contributed by atoms with E-state index in [0.29, 0.717) is 36.1 Å². The Morgan fingerprint density at radius 3 is 2.69 bits per heavy atom. The first-order chi connectivity index (χ1) is 17.5. The van der Waals surface area contributed by atoms with Crippen molar-refractivity contribution >= 4 is 32.9 Å². The number of hydrogen-bond acceptors (Lipinski definition) is 7. The van der Waals surface area contributed by atoms with Crippen molar-refractivity contribution in [2.45, 2.75) is 40.2 Å². The van der Waals surface area contributed by atoms with Gasteiger partial charge in [-0.25, -0.2) is 14.9 Å². The maximum absolute atomic E-state index is 12.7. The molecule has 1 N–H and O–H groups in total. The number of rotatable bonds is 8. The maximum atomic E-state index is 12.7. The molecular formula is C26H25BrN6O3. The third-order valence-corrected chi connectivity index (χ3v) is 6.76. The number of benzene rings is 2. The van der Waals surface area contributed by atoms with E-state index >= 15 is 0 Å². The van der Waals surface area contributed by atoms with Gasteiger partial charge in [-0.15, -0.1) is 5.10 Å². The molecule has 2 aromatic carbocycles. The topological polar surface area (TPSA) is 112 Å². The number of imidazole rings is 1. The molecule has 5 rings (SSSR count). The lowest BCUT2D eigenvalue weighted by Gasteiger charge is -2.12. The number of hydrogen-bond donors (Lipinski definition) is 1. The number of fused-ring (bicyclic) bond motifs is 1. The minimum atomic E-state index is -0.351. The molecule has 0 spiro atoms. The van der Waals surface area contributed by atoms with Crippen molar-refractivity contribution in [3.05, 3.63) is 69.7 Å². The predicted molar refractivity (Wildman–Crippen MR) is 139 cm³/mol. The van der Waals surface area contributed by atoms with E-state index in [1.54, 1.807) is 6.92 Å². The molecule has 0 saturated heterocycles. The van der Waals surface area contributed by atoms with Gasteiger partial charge in [0.25, 0.3) is 0 Å². The average Bonchev–Trinajstić information content (AvgIpc) is 3.59. The van der Waals surface area contributed by atoms with E-state index in [9.17, 15) is 4.79 Å². The van der Waals surface area contributed by atoms with E-state index in [0.717, 1.165) is 50.8 Å². The van der Waals surface area contributed by atoms with Crippen LogP contribution in [0.1, 0.15) is 47.8 Å². The number of carbonyl (C=O) groups is 1. The minimum Gasteiger partial charge on any atom is -0.461 e. The van der Waals surface area contributed by atoms with Gasteiger partial charge in [-0.2, -0.15) is 0 Å². The lowest BCUT2D eigenvalue weighted by molar-refractivity contribution is 0.0513. The number of aromatic amines is 1. The summed E-state index contributed by atoms with van der Waals surface area (Å²) in [4.78, 5) is 17.4. The fourth-order valence-electron chi connectivity index (χ4n) is 4.40. The summed E-state index contributed by atoms with van der Waals surface area (Å²) in [5.74, 6) is 1.77. The molecule has 0 fully saturated rings. The molecule has 0 bridgehead atoms. The van der Waals surface area contributed by atoms with Gasteiger partial charge < -0.3 is 13.7 Å². The zero-order valence-electron chi connectivity index (χ0n) is 20.2. The van der Waals surface area contributed by atoms with Crippen LogP contribution in [0.15, 0.2) is 51.4 Å². The van der Waals surface area contributed by atoms with Crippen molar-refractivity contribution < 1.29 is 13.9 Å². The average molecular weight is 549 g/mol. The summed E-state index contributed by atoms with van der Waals surface area (Å²) < 4.78 is 14.4. The second-order valence-electron chi connectivity index (χ2n) is 8.39. The number of aromatic nitrogens is 6. The highest BCUT2D eigenvalue weighted by Crippen LogP contribution is 2.41. The second-order valence-corrected chi connectivity index (χ2v) is 9.18. The molecule has 0 unspecified atom stereocenters. The Labute approximate surface area is 216 Å². The van der Waals surface area contributed by atoms with Crippen LogP contribution in [0.2, 0.25) is 0 Å². The molecule has 3 aromatic heterocycles. The van der Waals surface area contributed by atoms with Crippen LogP contribution in [0.3, 0.4) is 0 Å². The van der Waals surface area contributed by atoms with E-state index in [-0.39, 0.29) is 5.97 Å². The van der Waals surface area contributed by atoms with Crippen molar-refractivity contribution in [1.29, 1.82) is 0 Å². The number of nitrogens with one attached hydrogen (secondary N) is 1. The highest BCUT2D eigenvalue weighted by atomic mass is 79.9. The van der Waals surface area contributed by atoms with Crippen LogP contribution in [-0.4, -0.2) is 42.8 Å². The summed E-state index contributed by atoms with van der Waals surface area (Å²) in [5.41, 5.74) is 4.64. The second kappa shape index (κ2) is 10.1. The molecule has 36 heavy (non-hydrogen) atoms. The Bertz CT molecular complexity index is 1540. The van der Waals surface area contributed by atoms with Gasteiger partial charge in [0.2, 0.25) is 0 Å². The first-order valence-electron chi connectivity index (χ1n) is 11.8. The molecule has 0 radical (unpaired) electrons. The van der Waals surface area contributed by atoms with Crippen LogP contribution >= 0.6 is 15.9 Å². The molecule has 0 aliphatic heterocycles. The van der Waals surface area contributed by atoms with Gasteiger partial charge in [-0.05, 0) is 64.3 Å². The number of H-pyrrole nitrogens is 1. The lowest BCUT2D eigenvalue weighted by Crippen LogP contribution is -2.16. The van der Waals surface area contributed by atoms with Crippen LogP contribution in [0.25, 0.3) is 33.7 Å². The van der Waals surface area contributed by atoms with Gasteiger partial charge in [0.05, 0.1) is 16.8 Å². The summed E-state index contributed by atoms with van der Waals surface area (Å²) in [6, 6.07) is 13.8. The summed E-state index contributed by atoms with van der Waals surface area (Å²) in [7, 11) is 0. The molecular weight excluding hydrogens is 524 g/mol. The van der Waals surface area contributed by atoms with Crippen LogP contribution < -0.4 is 0 Å². The first kappa shape index (κ1) is 23.9. The smallest absolute Gasteiger partial charge is 0.356 e. The van der Waals surface area contributed by atoms with Crippen molar-refractivity contribution in [1.82, 2.24) is 30.2 Å². The van der Waals surface area contributed by atoms with E-state index in [1.807, 2.05) is 47.9 Å². The highest BCUT2D eigenvalue weighted by Gasteiger charge is 2.23. The van der Waals surface area contributed by atoms with Crippen molar-refractivity contribution in [3.8, 4) is 22.7 Å². The third kappa shape index (κ3) is 4.32. The van der Waals surface area contributed by atoms with E-state index in [2.05, 4.69) is 54.5 Å². The zero-order chi connectivity index (χ0) is 25.2. The number of aryl methyl sites for hydroxylation is 2. The Hall–Kier alpha value is -3.79. The molecule has 0 aliphatic rings. The SMILES string of the molecule is CCCc1nc(C)c(C(=O)OCC)n1Cc1ccc2oc(-c3ccccc3-c3nnn[nH]3)c(Br)c2c1. The standard InChI is InChI=1S/C26H25BrN6O3/c1-4-8-21-28-15(3)23(26(34)35-5-2)33(21)14-16-11-12-20-19(13-16)22(27)24(36-20)17-9-6-7-10-18(17)25-29-31-32-30-25/h6-7,9-13H,4-5,8,14H2,1-3H3,(H,29,30,31,32). The molecule has 184 valence electrons. The fraction of sp³-hybridized carbons (Fsp3) is 0.269. The summed E-state index contributed by atoms with van der Waals surface area (Å²) >= 11 is 3.76. The molecule has 3 heterocycles. The number of halogens is 1. The Balaban J connectivity index is 1.56. The molecule has 0 amide bonds. The van der Waals surface area contributed by atoms with Crippen molar-refractivity contribution in [2.24, 2.45) is 0 Å². The molecule has 10 heteroatoms. The predicted octanol–water partition coefficient (Wildman–Crippen LogP) is 5.72. The van der Waals surface area contributed by atoms with E-state index < -0.39 is 0 Å². The number of esters is 1. The van der Waals surface area contributed by atoms with Crippen LogP contribution in [0, 0.1) is 6.92 Å². The Morgan fingerprint density at radius 2 is 1.97 bits per heavy atom. The van der Waals surface area contributed by atoms with E-state index in [4.69, 9.17) is 9.15 Å². The molecule has 0 atom stereocenters. The highest BCUT2D eigenvalue weighted by molar-refractivity contribution is 9.10. The fourth-order valence-corrected chi connectivity index (χ4v) is 5.01. The molecule has 0 saturated carbocycles. The van der Waals surface area contributed by atoms with E-state index in [1.165, 1.54) is 0 Å². The molecule has 9 nitrogen and oxygen atoms in total. The van der Waals surface area contributed by atoms with Crippen LogP contribution in [-0.2, 0) is 17.7 Å². The largest absolute Gasteiger partial charge is 0.461 e. The van der Waals surface area contributed by atoms with Crippen LogP contribution in [0.5, 0.6) is 0 Å². The number of furan rings is 1. The summed E-state index contributed by atoms with van der Waals surface area (Å²) in [6.45, 7) is 6.56. The van der Waals surface area contributed by atoms with Crippen molar-refractivity contribution in [3.63, 3.8) is 0 Å². The summed E-state index contributed by atoms with van der Waals surface area (Å²) in [6.07, 6.45) is 1.70. The van der Waals surface area contributed by atoms with Gasteiger partial charge in [0.15, 0.2) is 11.5 Å². The third-order valence-electron chi connectivity index (χ3n) is 5.97. The number of tetrazole rings is 1. The van der Waals surface area contributed by atoms with Crippen LogP contribution in [0.4, 0.5) is 0 Å². The Morgan fingerprint density at radius 1 is 1.17 bits per heavy atom. The number of ether oxygens (including phenoxy) is 1. The lowest BCUT2D eigenvalue weighted by atomic mass is 10.0. The van der Waals surface area contributed by atoms with Gasteiger partial charge in [-0.3, -0.25) is 0 Å². The van der Waals surface area contributed by atoms with Gasteiger partial charge >= 0.3 is 5.97 Å². The number of carbonyl (C=O) groups excluding carboxylic acids is 1. The first-order valence-corrected chi connectivity index (χ1v) is 12.6. The van der Waals surface area contributed by atoms with Gasteiger partial charge in [-0.1, -0.05) is 37.3 Å². The molecule has 0 aliphatic carbocycles. The zero-order valence-corrected chi connectivity index (χ0v) is 21.8. The maximum Gasteiger partial charge on any atom is 0.356 e. The van der Waals surface area contributed by atoms with Gasteiger partial charge in [0, 0.05) is 29.5 Å². The molecule has 5 aromatic rings. The quantitative estimate of drug-likeness (QED) is 0.246. The van der Waals surface area contributed by atoms with Gasteiger partial charge in [0.1, 0.15) is 17.2 Å². The Kier molecular flexibility index (Phi) is 6.69. The minimum absolute atomic E-state index is 0.314. The number of nitrogens with zero attached hydrogens (tertiary/aromatic N) is 5. The normalized spacial score (nSPS) is 11.3.